The molecule has 2 fully saturated rings. The van der Waals surface area contributed by atoms with Crippen molar-refractivity contribution in [3.63, 3.8) is 0 Å². The number of hydrogen-bond acceptors (Lipinski definition) is 8. The number of piperidine rings is 1. The number of urea groups is 1. The van der Waals surface area contributed by atoms with Crippen LogP contribution in [0.15, 0.2) is 79.0 Å². The highest BCUT2D eigenvalue weighted by Gasteiger charge is 2.30. The van der Waals surface area contributed by atoms with Crippen molar-refractivity contribution in [2.45, 2.75) is 38.9 Å². The molecule has 4 aromatic rings. The fourth-order valence-electron chi connectivity index (χ4n) is 6.09. The van der Waals surface area contributed by atoms with Gasteiger partial charge < -0.3 is 20.5 Å². The van der Waals surface area contributed by atoms with E-state index in [1.165, 1.54) is 30.0 Å². The van der Waals surface area contributed by atoms with Gasteiger partial charge in [-0.3, -0.25) is 19.5 Å². The summed E-state index contributed by atoms with van der Waals surface area (Å²) in [5.74, 6) is 0.212. The van der Waals surface area contributed by atoms with E-state index >= 15 is 0 Å². The summed E-state index contributed by atoms with van der Waals surface area (Å²) in [5.41, 5.74) is 9.49. The molecule has 0 radical (unpaired) electrons. The normalized spacial score (nSPS) is 16.0. The third-order valence-corrected chi connectivity index (χ3v) is 8.71. The van der Waals surface area contributed by atoms with Gasteiger partial charge >= 0.3 is 6.03 Å². The molecule has 0 spiro atoms. The number of likely N-dealkylation sites (tertiary alicyclic amines) is 1. The minimum Gasteiger partial charge on any atom is -0.439 e. The molecule has 2 aliphatic heterocycles. The van der Waals surface area contributed by atoms with Crippen LogP contribution in [0.4, 0.5) is 20.6 Å². The SMILES string of the molecule is Cc1nc(Oc2ccc(CN3CCOCC3)cc2)ccc1CN1CCC(N(C(=O)Nc2ccc(C(N)=O)nc2)c2cccc(F)c2)CC1. The molecule has 3 amide bonds. The van der Waals surface area contributed by atoms with Gasteiger partial charge in [-0.25, -0.2) is 19.2 Å². The first-order valence-electron chi connectivity index (χ1n) is 16.2. The molecule has 11 nitrogen and oxygen atoms in total. The van der Waals surface area contributed by atoms with Gasteiger partial charge in [0, 0.05) is 62.8 Å². The van der Waals surface area contributed by atoms with Crippen LogP contribution >= 0.6 is 0 Å². The van der Waals surface area contributed by atoms with E-state index in [2.05, 4.69) is 38.3 Å². The van der Waals surface area contributed by atoms with E-state index in [0.717, 1.165) is 62.9 Å². The number of carbonyl (C=O) groups is 2. The summed E-state index contributed by atoms with van der Waals surface area (Å²) < 4.78 is 25.8. The maximum absolute atomic E-state index is 14.3. The van der Waals surface area contributed by atoms with E-state index in [9.17, 15) is 14.0 Å². The Morgan fingerprint density at radius 3 is 2.40 bits per heavy atom. The first-order chi connectivity index (χ1) is 23.3. The molecular weight excluding hydrogens is 613 g/mol. The number of benzene rings is 2. The molecule has 6 rings (SSSR count). The number of carbonyl (C=O) groups excluding carboxylic acids is 2. The number of hydrogen-bond donors (Lipinski definition) is 2. The molecule has 48 heavy (non-hydrogen) atoms. The summed E-state index contributed by atoms with van der Waals surface area (Å²) in [7, 11) is 0. The lowest BCUT2D eigenvalue weighted by atomic mass is 10.0. The predicted molar refractivity (Wildman–Crippen MR) is 181 cm³/mol. The summed E-state index contributed by atoms with van der Waals surface area (Å²) >= 11 is 0. The molecule has 2 aromatic heterocycles. The first kappa shape index (κ1) is 33.0. The summed E-state index contributed by atoms with van der Waals surface area (Å²) in [5, 5.41) is 2.83. The van der Waals surface area contributed by atoms with Crippen molar-refractivity contribution in [2.75, 3.05) is 49.6 Å². The number of nitrogens with one attached hydrogen (secondary N) is 1. The molecule has 2 saturated heterocycles. The van der Waals surface area contributed by atoms with Crippen LogP contribution < -0.4 is 20.7 Å². The number of nitrogens with zero attached hydrogens (tertiary/aromatic N) is 5. The topological polar surface area (TPSA) is 126 Å². The molecule has 12 heteroatoms. The van der Waals surface area contributed by atoms with Crippen LogP contribution in [-0.4, -0.2) is 77.1 Å². The van der Waals surface area contributed by atoms with Crippen LogP contribution in [0, 0.1) is 12.7 Å². The van der Waals surface area contributed by atoms with Gasteiger partial charge in [-0.2, -0.15) is 0 Å². The standard InChI is InChI=1S/C36H40FN7O4/c1-25-27(7-12-34(40-25)48-32-9-5-26(6-10-32)23-43-17-19-47-20-18-43)24-42-15-13-30(14-16-42)44(31-4-2-3-28(37)21-31)36(46)41-29-8-11-33(35(38)45)39-22-29/h2-12,21-22,30H,13-20,23-24H2,1H3,(H2,38,45)(H,41,46). The van der Waals surface area contributed by atoms with Gasteiger partial charge in [0.05, 0.1) is 25.1 Å². The molecule has 0 aliphatic carbocycles. The molecule has 3 N–H and O–H groups in total. The fourth-order valence-corrected chi connectivity index (χ4v) is 6.09. The molecule has 0 bridgehead atoms. The van der Waals surface area contributed by atoms with Gasteiger partial charge in [0.1, 0.15) is 17.3 Å². The molecule has 0 saturated carbocycles. The average Bonchev–Trinajstić information content (AvgIpc) is 3.08. The number of primary amides is 1. The largest absolute Gasteiger partial charge is 0.439 e. The van der Waals surface area contributed by atoms with Gasteiger partial charge in [0.2, 0.25) is 5.88 Å². The number of ether oxygens (including phenoxy) is 2. The van der Waals surface area contributed by atoms with Gasteiger partial charge in [-0.1, -0.05) is 24.3 Å². The molecule has 0 unspecified atom stereocenters. The van der Waals surface area contributed by atoms with Gasteiger partial charge in [0.25, 0.3) is 5.91 Å². The number of pyridine rings is 2. The zero-order valence-electron chi connectivity index (χ0n) is 27.0. The van der Waals surface area contributed by atoms with Crippen LogP contribution in [0.2, 0.25) is 0 Å². The Balaban J connectivity index is 1.05. The Morgan fingerprint density at radius 2 is 1.73 bits per heavy atom. The van der Waals surface area contributed by atoms with Crippen molar-refractivity contribution in [3.05, 3.63) is 107 Å². The number of nitrogens with two attached hydrogens (primary N) is 1. The third kappa shape index (κ3) is 8.51. The molecule has 250 valence electrons. The van der Waals surface area contributed by atoms with Gasteiger partial charge in [0.15, 0.2) is 0 Å². The van der Waals surface area contributed by atoms with Crippen LogP contribution in [0.25, 0.3) is 0 Å². The molecular formula is C36H40FN7O4. The van der Waals surface area contributed by atoms with E-state index in [0.29, 0.717) is 36.6 Å². The average molecular weight is 654 g/mol. The molecule has 0 atom stereocenters. The van der Waals surface area contributed by atoms with E-state index in [1.54, 1.807) is 23.1 Å². The van der Waals surface area contributed by atoms with E-state index in [4.69, 9.17) is 20.2 Å². The Labute approximate surface area is 279 Å². The molecule has 4 heterocycles. The summed E-state index contributed by atoms with van der Waals surface area (Å²) in [4.78, 5) is 40.0. The smallest absolute Gasteiger partial charge is 0.326 e. The number of aryl methyl sites for hydroxylation is 1. The van der Waals surface area contributed by atoms with Crippen LogP contribution in [0.3, 0.4) is 0 Å². The Bertz CT molecular complexity index is 1710. The number of anilines is 2. The molecule has 2 aliphatic rings. The minimum atomic E-state index is -0.655. The lowest BCUT2D eigenvalue weighted by molar-refractivity contribution is 0.0342. The van der Waals surface area contributed by atoms with Crippen molar-refractivity contribution < 1.29 is 23.5 Å². The van der Waals surface area contributed by atoms with Crippen LogP contribution in [0.5, 0.6) is 11.6 Å². The van der Waals surface area contributed by atoms with Crippen molar-refractivity contribution in [1.29, 1.82) is 0 Å². The predicted octanol–water partition coefficient (Wildman–Crippen LogP) is 5.35. The fraction of sp³-hybridized carbons (Fsp3) is 0.333. The summed E-state index contributed by atoms with van der Waals surface area (Å²) in [6.07, 6.45) is 2.76. The Hall–Kier alpha value is -4.91. The lowest BCUT2D eigenvalue weighted by Gasteiger charge is -2.38. The van der Waals surface area contributed by atoms with Crippen molar-refractivity contribution >= 4 is 23.3 Å². The van der Waals surface area contributed by atoms with Crippen molar-refractivity contribution in [1.82, 2.24) is 19.8 Å². The van der Waals surface area contributed by atoms with Crippen molar-refractivity contribution in [3.8, 4) is 11.6 Å². The second-order valence-electron chi connectivity index (χ2n) is 12.1. The summed E-state index contributed by atoms with van der Waals surface area (Å²) in [6, 6.07) is 20.6. The highest BCUT2D eigenvalue weighted by Crippen LogP contribution is 2.28. The number of aromatic nitrogens is 2. The number of amides is 3. The second-order valence-corrected chi connectivity index (χ2v) is 12.1. The van der Waals surface area contributed by atoms with Crippen LogP contribution in [-0.2, 0) is 17.8 Å². The highest BCUT2D eigenvalue weighted by molar-refractivity contribution is 6.02. The zero-order valence-corrected chi connectivity index (χ0v) is 27.0. The van der Waals surface area contributed by atoms with Crippen LogP contribution in [0.1, 0.15) is 40.2 Å². The van der Waals surface area contributed by atoms with E-state index < -0.39 is 17.8 Å². The Morgan fingerprint density at radius 1 is 0.979 bits per heavy atom. The van der Waals surface area contributed by atoms with Gasteiger partial charge in [-0.05, 0) is 73.4 Å². The van der Waals surface area contributed by atoms with E-state index in [1.807, 2.05) is 25.1 Å². The van der Waals surface area contributed by atoms with E-state index in [-0.39, 0.29) is 11.7 Å². The maximum atomic E-state index is 14.3. The third-order valence-electron chi connectivity index (χ3n) is 8.71. The highest BCUT2D eigenvalue weighted by atomic mass is 19.1. The Kier molecular flexibility index (Phi) is 10.5. The van der Waals surface area contributed by atoms with Gasteiger partial charge in [-0.15, -0.1) is 0 Å². The molecule has 2 aromatic carbocycles. The minimum absolute atomic E-state index is 0.0972. The number of morpholine rings is 1. The second kappa shape index (κ2) is 15.3. The number of rotatable bonds is 10. The zero-order chi connectivity index (χ0) is 33.5. The monoisotopic (exact) mass is 653 g/mol. The quantitative estimate of drug-likeness (QED) is 0.235. The lowest BCUT2D eigenvalue weighted by Crippen LogP contribution is -2.49. The van der Waals surface area contributed by atoms with Crippen molar-refractivity contribution in [2.24, 2.45) is 5.73 Å². The maximum Gasteiger partial charge on any atom is 0.326 e. The number of halogens is 1. The summed E-state index contributed by atoms with van der Waals surface area (Å²) in [6.45, 7) is 8.55. The first-order valence-corrected chi connectivity index (χ1v) is 16.2.